The van der Waals surface area contributed by atoms with E-state index in [0.717, 1.165) is 11.3 Å². The van der Waals surface area contributed by atoms with Crippen molar-refractivity contribution in [3.05, 3.63) is 175 Å². The van der Waals surface area contributed by atoms with E-state index in [-0.39, 0.29) is 0 Å². The predicted molar refractivity (Wildman–Crippen MR) is 187 cm³/mol. The quantitative estimate of drug-likeness (QED) is 0.153. The minimum atomic E-state index is 1.13. The Bertz CT molecular complexity index is 2200. The Labute approximate surface area is 251 Å². The average Bonchev–Trinajstić information content (AvgIpc) is 3.08. The van der Waals surface area contributed by atoms with E-state index in [0.29, 0.717) is 0 Å². The Morgan fingerprint density at radius 3 is 1.47 bits per heavy atom. The second kappa shape index (κ2) is 10.6. The van der Waals surface area contributed by atoms with Crippen molar-refractivity contribution in [2.24, 2.45) is 0 Å². The number of hydrogen-bond acceptors (Lipinski definition) is 1. The monoisotopic (exact) mass is 547 g/mol. The lowest BCUT2D eigenvalue weighted by atomic mass is 9.96. The van der Waals surface area contributed by atoms with Crippen LogP contribution in [0.5, 0.6) is 0 Å². The van der Waals surface area contributed by atoms with E-state index >= 15 is 0 Å². The third-order valence-electron chi connectivity index (χ3n) is 8.42. The highest BCUT2D eigenvalue weighted by atomic mass is 15.1. The topological polar surface area (TPSA) is 3.24 Å². The van der Waals surface area contributed by atoms with Gasteiger partial charge in [0.15, 0.2) is 0 Å². The smallest absolute Gasteiger partial charge is 0.0540 e. The van der Waals surface area contributed by atoms with Crippen molar-refractivity contribution < 1.29 is 0 Å². The van der Waals surface area contributed by atoms with Gasteiger partial charge in [-0.3, -0.25) is 0 Å². The molecule has 202 valence electrons. The first kappa shape index (κ1) is 25.1. The summed E-state index contributed by atoms with van der Waals surface area (Å²) < 4.78 is 0. The number of hydrogen-bond donors (Lipinski definition) is 0. The molecule has 0 unspecified atom stereocenters. The molecule has 0 aliphatic rings. The number of rotatable bonds is 5. The fourth-order valence-corrected chi connectivity index (χ4v) is 6.36. The molecule has 0 aliphatic heterocycles. The molecule has 1 heteroatoms. The van der Waals surface area contributed by atoms with Gasteiger partial charge in [0.1, 0.15) is 0 Å². The van der Waals surface area contributed by atoms with Gasteiger partial charge in [-0.25, -0.2) is 0 Å². The normalized spacial score (nSPS) is 11.6. The van der Waals surface area contributed by atoms with E-state index in [1.165, 1.54) is 60.0 Å². The number of benzene rings is 8. The molecule has 0 saturated heterocycles. The van der Waals surface area contributed by atoms with E-state index in [1.54, 1.807) is 0 Å². The molecule has 8 rings (SSSR count). The molecule has 0 amide bonds. The molecule has 0 aromatic heterocycles. The van der Waals surface area contributed by atoms with Crippen LogP contribution in [0.4, 0.5) is 17.1 Å². The van der Waals surface area contributed by atoms with Crippen molar-refractivity contribution in [1.82, 2.24) is 0 Å². The molecular weight excluding hydrogens is 518 g/mol. The Kier molecular flexibility index (Phi) is 6.20. The van der Waals surface area contributed by atoms with Crippen molar-refractivity contribution in [3.8, 4) is 0 Å². The number of nitrogens with zero attached hydrogens (tertiary/aromatic N) is 1. The summed E-state index contributed by atoms with van der Waals surface area (Å²) in [5.74, 6) is 0. The van der Waals surface area contributed by atoms with Gasteiger partial charge in [-0.15, -0.1) is 0 Å². The molecular formula is C42H29N. The van der Waals surface area contributed by atoms with Gasteiger partial charge in [-0.2, -0.15) is 0 Å². The first-order valence-electron chi connectivity index (χ1n) is 14.8. The van der Waals surface area contributed by atoms with Crippen LogP contribution in [0.2, 0.25) is 0 Å². The molecule has 0 spiro atoms. The first-order valence-corrected chi connectivity index (χ1v) is 14.8. The Balaban J connectivity index is 1.23. The van der Waals surface area contributed by atoms with Crippen LogP contribution in [0.3, 0.4) is 0 Å². The summed E-state index contributed by atoms with van der Waals surface area (Å²) in [7, 11) is 0. The molecule has 43 heavy (non-hydrogen) atoms. The van der Waals surface area contributed by atoms with Crippen molar-refractivity contribution >= 4 is 72.3 Å². The third-order valence-corrected chi connectivity index (χ3v) is 8.42. The standard InChI is InChI=1S/C42H29N/c1-5-18-38-31(11-1)14-9-21-41(38)43(42-22-10-15-32-12-2-6-19-39(32)42)35-27-24-30(25-28-35)23-26-34-29-33-13-3-4-16-36(33)40-20-8-7-17-37(34)40/h1-29H/b26-23-. The molecule has 0 radical (unpaired) electrons. The molecule has 0 heterocycles. The van der Waals surface area contributed by atoms with Gasteiger partial charge in [-0.05, 0) is 73.8 Å². The highest BCUT2D eigenvalue weighted by Crippen LogP contribution is 2.42. The molecule has 0 fully saturated rings. The second-order valence-electron chi connectivity index (χ2n) is 11.0. The van der Waals surface area contributed by atoms with Crippen LogP contribution >= 0.6 is 0 Å². The zero-order valence-electron chi connectivity index (χ0n) is 23.7. The van der Waals surface area contributed by atoms with E-state index in [1.807, 2.05) is 0 Å². The van der Waals surface area contributed by atoms with Crippen LogP contribution in [0.1, 0.15) is 11.1 Å². The lowest BCUT2D eigenvalue weighted by Gasteiger charge is -2.28. The van der Waals surface area contributed by atoms with Crippen molar-refractivity contribution in [2.45, 2.75) is 0 Å². The van der Waals surface area contributed by atoms with Crippen LogP contribution in [-0.4, -0.2) is 0 Å². The zero-order chi connectivity index (χ0) is 28.6. The fraction of sp³-hybridized carbons (Fsp3) is 0. The minimum absolute atomic E-state index is 1.13. The Morgan fingerprint density at radius 1 is 0.349 bits per heavy atom. The molecule has 0 N–H and O–H groups in total. The number of fused-ring (bicyclic) bond motifs is 5. The highest BCUT2D eigenvalue weighted by molar-refractivity contribution is 6.11. The summed E-state index contributed by atoms with van der Waals surface area (Å²) >= 11 is 0. The van der Waals surface area contributed by atoms with Gasteiger partial charge in [0.05, 0.1) is 11.4 Å². The molecule has 0 aliphatic carbocycles. The van der Waals surface area contributed by atoms with Crippen LogP contribution < -0.4 is 4.90 Å². The van der Waals surface area contributed by atoms with Crippen LogP contribution in [0.25, 0.3) is 55.2 Å². The van der Waals surface area contributed by atoms with Crippen LogP contribution in [-0.2, 0) is 0 Å². The maximum absolute atomic E-state index is 2.40. The highest BCUT2D eigenvalue weighted by Gasteiger charge is 2.17. The van der Waals surface area contributed by atoms with Gasteiger partial charge < -0.3 is 4.90 Å². The summed E-state index contributed by atoms with van der Waals surface area (Å²) in [5, 5.41) is 10.0. The Hall–Kier alpha value is -5.66. The van der Waals surface area contributed by atoms with Gasteiger partial charge in [0, 0.05) is 16.5 Å². The molecule has 8 aromatic rings. The summed E-state index contributed by atoms with van der Waals surface area (Å²) in [4.78, 5) is 2.40. The molecule has 0 bridgehead atoms. The maximum Gasteiger partial charge on any atom is 0.0540 e. The molecule has 8 aromatic carbocycles. The summed E-state index contributed by atoms with van der Waals surface area (Å²) in [5.41, 5.74) is 5.85. The van der Waals surface area contributed by atoms with E-state index in [2.05, 4.69) is 181 Å². The maximum atomic E-state index is 2.40. The van der Waals surface area contributed by atoms with E-state index < -0.39 is 0 Å². The second-order valence-corrected chi connectivity index (χ2v) is 11.0. The predicted octanol–water partition coefficient (Wildman–Crippen LogP) is 11.9. The fourth-order valence-electron chi connectivity index (χ4n) is 6.36. The van der Waals surface area contributed by atoms with Crippen molar-refractivity contribution in [3.63, 3.8) is 0 Å². The molecule has 0 saturated carbocycles. The summed E-state index contributed by atoms with van der Waals surface area (Å²) in [6.45, 7) is 0. The van der Waals surface area contributed by atoms with Gasteiger partial charge in [-0.1, -0.05) is 146 Å². The SMILES string of the molecule is C(=C/c1cc2ccccc2c2ccccc12)/c1ccc(N(c2cccc3ccccc23)c2cccc3ccccc23)cc1. The number of anilines is 3. The van der Waals surface area contributed by atoms with Gasteiger partial charge in [0.25, 0.3) is 0 Å². The molecule has 0 atom stereocenters. The first-order chi connectivity index (χ1) is 21.3. The largest absolute Gasteiger partial charge is 0.309 e. The third kappa shape index (κ3) is 4.52. The summed E-state index contributed by atoms with van der Waals surface area (Å²) in [6, 6.07) is 58.9. The van der Waals surface area contributed by atoms with Crippen LogP contribution in [0.15, 0.2) is 164 Å². The lowest BCUT2D eigenvalue weighted by molar-refractivity contribution is 1.31. The van der Waals surface area contributed by atoms with Crippen molar-refractivity contribution in [2.75, 3.05) is 4.90 Å². The average molecular weight is 548 g/mol. The Morgan fingerprint density at radius 2 is 0.837 bits per heavy atom. The summed E-state index contributed by atoms with van der Waals surface area (Å²) in [6.07, 6.45) is 4.47. The zero-order valence-corrected chi connectivity index (χ0v) is 23.7. The van der Waals surface area contributed by atoms with E-state index in [9.17, 15) is 0 Å². The van der Waals surface area contributed by atoms with Gasteiger partial charge >= 0.3 is 0 Å². The van der Waals surface area contributed by atoms with Crippen LogP contribution in [0, 0.1) is 0 Å². The molecule has 1 nitrogen and oxygen atoms in total. The minimum Gasteiger partial charge on any atom is -0.309 e. The lowest BCUT2D eigenvalue weighted by Crippen LogP contribution is -2.11. The van der Waals surface area contributed by atoms with Crippen molar-refractivity contribution in [1.29, 1.82) is 0 Å². The van der Waals surface area contributed by atoms with E-state index in [4.69, 9.17) is 0 Å². The van der Waals surface area contributed by atoms with Gasteiger partial charge in [0.2, 0.25) is 0 Å².